The summed E-state index contributed by atoms with van der Waals surface area (Å²) in [6.07, 6.45) is 2.07. The second-order valence-electron chi connectivity index (χ2n) is 4.64. The lowest BCUT2D eigenvalue weighted by Crippen LogP contribution is -2.43. The Kier molecular flexibility index (Phi) is 2.98. The lowest BCUT2D eigenvalue weighted by atomic mass is 10.0. The van der Waals surface area contributed by atoms with Crippen LogP contribution in [0.25, 0.3) is 0 Å². The summed E-state index contributed by atoms with van der Waals surface area (Å²) < 4.78 is 5.53. The molecule has 15 heavy (non-hydrogen) atoms. The highest BCUT2D eigenvalue weighted by atomic mass is 16.5. The van der Waals surface area contributed by atoms with Gasteiger partial charge < -0.3 is 9.84 Å². The van der Waals surface area contributed by atoms with Crippen LogP contribution in [0.4, 0.5) is 0 Å². The highest BCUT2D eigenvalue weighted by Gasteiger charge is 2.41. The summed E-state index contributed by atoms with van der Waals surface area (Å²) in [6.45, 7) is 5.82. The van der Waals surface area contributed by atoms with E-state index in [9.17, 15) is 4.79 Å². The average Bonchev–Trinajstić information content (AvgIpc) is 2.71. The first-order valence-corrected chi connectivity index (χ1v) is 5.71. The van der Waals surface area contributed by atoms with Gasteiger partial charge in [0.1, 0.15) is 0 Å². The third kappa shape index (κ3) is 1.88. The fraction of sp³-hybridized carbons (Fsp3) is 0.909. The van der Waals surface area contributed by atoms with Crippen molar-refractivity contribution >= 4 is 5.97 Å². The first-order chi connectivity index (χ1) is 7.11. The minimum absolute atomic E-state index is 0.150. The molecule has 2 rings (SSSR count). The van der Waals surface area contributed by atoms with E-state index in [0.29, 0.717) is 6.04 Å². The fourth-order valence-corrected chi connectivity index (χ4v) is 2.92. The van der Waals surface area contributed by atoms with E-state index in [1.165, 1.54) is 0 Å². The van der Waals surface area contributed by atoms with Crippen LogP contribution in [-0.2, 0) is 9.53 Å². The van der Waals surface area contributed by atoms with Crippen molar-refractivity contribution in [2.75, 3.05) is 13.2 Å². The number of rotatable bonds is 2. The molecule has 0 radical (unpaired) electrons. The highest BCUT2D eigenvalue weighted by Crippen LogP contribution is 2.31. The molecule has 1 N–H and O–H groups in total. The van der Waals surface area contributed by atoms with E-state index >= 15 is 0 Å². The molecule has 0 saturated carbocycles. The average molecular weight is 213 g/mol. The molecule has 0 aromatic heterocycles. The predicted octanol–water partition coefficient (Wildman–Crippen LogP) is 0.959. The summed E-state index contributed by atoms with van der Waals surface area (Å²) >= 11 is 0. The maximum Gasteiger partial charge on any atom is 0.308 e. The number of carboxylic acid groups (broad SMARTS) is 1. The number of hydrogen-bond acceptors (Lipinski definition) is 3. The molecule has 2 fully saturated rings. The zero-order chi connectivity index (χ0) is 11.0. The van der Waals surface area contributed by atoms with E-state index < -0.39 is 5.97 Å². The van der Waals surface area contributed by atoms with Gasteiger partial charge in [-0.3, -0.25) is 9.69 Å². The third-order valence-corrected chi connectivity index (χ3v) is 3.88. The Morgan fingerprint density at radius 3 is 2.60 bits per heavy atom. The lowest BCUT2D eigenvalue weighted by Gasteiger charge is -2.31. The Morgan fingerprint density at radius 1 is 1.40 bits per heavy atom. The van der Waals surface area contributed by atoms with Gasteiger partial charge in [-0.05, 0) is 33.2 Å². The molecule has 2 saturated heterocycles. The molecule has 0 aliphatic carbocycles. The minimum Gasteiger partial charge on any atom is -0.481 e. The predicted molar refractivity (Wildman–Crippen MR) is 55.7 cm³/mol. The molecule has 86 valence electrons. The van der Waals surface area contributed by atoms with Gasteiger partial charge in [0.25, 0.3) is 0 Å². The molecular weight excluding hydrogens is 194 g/mol. The molecule has 0 bridgehead atoms. The van der Waals surface area contributed by atoms with Gasteiger partial charge in [0.05, 0.1) is 12.0 Å². The molecule has 2 aliphatic rings. The standard InChI is InChI=1S/C11H19NO3/c1-7-9(11(13)14)3-5-12(7)10-4-6-15-8(10)2/h7-10H,3-6H2,1-2H3,(H,13,14). The van der Waals surface area contributed by atoms with Crippen molar-refractivity contribution < 1.29 is 14.6 Å². The smallest absolute Gasteiger partial charge is 0.308 e. The summed E-state index contributed by atoms with van der Waals surface area (Å²) in [5.41, 5.74) is 0. The minimum atomic E-state index is -0.656. The Bertz CT molecular complexity index is 256. The molecule has 4 atom stereocenters. The maximum atomic E-state index is 11.0. The summed E-state index contributed by atoms with van der Waals surface area (Å²) in [7, 11) is 0. The van der Waals surface area contributed by atoms with Gasteiger partial charge >= 0.3 is 5.97 Å². The molecule has 4 unspecified atom stereocenters. The Hall–Kier alpha value is -0.610. The molecule has 4 heteroatoms. The van der Waals surface area contributed by atoms with Crippen molar-refractivity contribution in [3.8, 4) is 0 Å². The van der Waals surface area contributed by atoms with Crippen LogP contribution >= 0.6 is 0 Å². The lowest BCUT2D eigenvalue weighted by molar-refractivity contribution is -0.142. The van der Waals surface area contributed by atoms with Crippen LogP contribution in [0.3, 0.4) is 0 Å². The first kappa shape index (κ1) is 10.9. The molecular formula is C11H19NO3. The number of aliphatic carboxylic acids is 1. The van der Waals surface area contributed by atoms with E-state index in [1.54, 1.807) is 0 Å². The Morgan fingerprint density at radius 2 is 2.13 bits per heavy atom. The normalized spacial score (nSPS) is 42.3. The van der Waals surface area contributed by atoms with Crippen molar-refractivity contribution in [1.82, 2.24) is 4.90 Å². The number of hydrogen-bond donors (Lipinski definition) is 1. The van der Waals surface area contributed by atoms with Crippen LogP contribution in [-0.4, -0.2) is 47.3 Å². The van der Waals surface area contributed by atoms with Crippen LogP contribution in [0.2, 0.25) is 0 Å². The summed E-state index contributed by atoms with van der Waals surface area (Å²) in [4.78, 5) is 13.3. The van der Waals surface area contributed by atoms with Crippen molar-refractivity contribution in [3.05, 3.63) is 0 Å². The fourth-order valence-electron chi connectivity index (χ4n) is 2.92. The van der Waals surface area contributed by atoms with Crippen molar-refractivity contribution in [2.45, 2.75) is 44.9 Å². The molecule has 4 nitrogen and oxygen atoms in total. The van der Waals surface area contributed by atoms with Crippen LogP contribution < -0.4 is 0 Å². The SMILES string of the molecule is CC1OCCC1N1CCC(C(=O)O)C1C. The number of likely N-dealkylation sites (tertiary alicyclic amines) is 1. The van der Waals surface area contributed by atoms with Crippen LogP contribution in [0.15, 0.2) is 0 Å². The quantitative estimate of drug-likeness (QED) is 0.742. The van der Waals surface area contributed by atoms with Crippen molar-refractivity contribution in [3.63, 3.8) is 0 Å². The van der Waals surface area contributed by atoms with E-state index in [2.05, 4.69) is 11.8 Å². The second kappa shape index (κ2) is 4.10. The van der Waals surface area contributed by atoms with Gasteiger partial charge in [-0.25, -0.2) is 0 Å². The molecule has 0 aromatic rings. The van der Waals surface area contributed by atoms with Crippen LogP contribution in [0.5, 0.6) is 0 Å². The zero-order valence-corrected chi connectivity index (χ0v) is 9.35. The van der Waals surface area contributed by atoms with Gasteiger partial charge in [0, 0.05) is 18.7 Å². The number of nitrogens with zero attached hydrogens (tertiary/aromatic N) is 1. The van der Waals surface area contributed by atoms with Gasteiger partial charge in [-0.1, -0.05) is 0 Å². The van der Waals surface area contributed by atoms with E-state index in [1.807, 2.05) is 6.92 Å². The Labute approximate surface area is 90.2 Å². The maximum absolute atomic E-state index is 11.0. The molecule has 0 spiro atoms. The Balaban J connectivity index is 2.03. The second-order valence-corrected chi connectivity index (χ2v) is 4.64. The van der Waals surface area contributed by atoms with Crippen molar-refractivity contribution in [2.24, 2.45) is 5.92 Å². The molecule has 2 heterocycles. The van der Waals surface area contributed by atoms with Crippen LogP contribution in [0.1, 0.15) is 26.7 Å². The summed E-state index contributed by atoms with van der Waals surface area (Å²) in [6, 6.07) is 0.570. The summed E-state index contributed by atoms with van der Waals surface area (Å²) in [5, 5.41) is 9.05. The van der Waals surface area contributed by atoms with Crippen molar-refractivity contribution in [1.29, 1.82) is 0 Å². The largest absolute Gasteiger partial charge is 0.481 e. The van der Waals surface area contributed by atoms with E-state index in [0.717, 1.165) is 26.0 Å². The van der Waals surface area contributed by atoms with Crippen LogP contribution in [0, 0.1) is 5.92 Å². The van der Waals surface area contributed by atoms with Gasteiger partial charge in [0.15, 0.2) is 0 Å². The zero-order valence-electron chi connectivity index (χ0n) is 9.35. The van der Waals surface area contributed by atoms with E-state index in [4.69, 9.17) is 9.84 Å². The number of carbonyl (C=O) groups is 1. The molecule has 0 amide bonds. The third-order valence-electron chi connectivity index (χ3n) is 3.88. The number of ether oxygens (including phenoxy) is 1. The van der Waals surface area contributed by atoms with Gasteiger partial charge in [0.2, 0.25) is 0 Å². The first-order valence-electron chi connectivity index (χ1n) is 5.71. The highest BCUT2D eigenvalue weighted by molar-refractivity contribution is 5.71. The summed E-state index contributed by atoms with van der Waals surface area (Å²) in [5.74, 6) is -0.852. The van der Waals surface area contributed by atoms with E-state index in [-0.39, 0.29) is 18.1 Å². The number of carboxylic acids is 1. The molecule has 2 aliphatic heterocycles. The molecule has 0 aromatic carbocycles. The monoisotopic (exact) mass is 213 g/mol. The van der Waals surface area contributed by atoms with Gasteiger partial charge in [-0.2, -0.15) is 0 Å². The topological polar surface area (TPSA) is 49.8 Å². The van der Waals surface area contributed by atoms with Gasteiger partial charge in [-0.15, -0.1) is 0 Å².